The number of ether oxygens (including phenoxy) is 1. The van der Waals surface area contributed by atoms with Gasteiger partial charge >= 0.3 is 6.47 Å². The third-order valence-electron chi connectivity index (χ3n) is 0.690. The molecule has 0 aromatic rings. The summed E-state index contributed by atoms with van der Waals surface area (Å²) in [4.78, 5) is 9.52. The summed E-state index contributed by atoms with van der Waals surface area (Å²) in [7, 11) is 0. The zero-order chi connectivity index (χ0) is 7.11. The fourth-order valence-electron chi connectivity index (χ4n) is 0.312. The van der Waals surface area contributed by atoms with Gasteiger partial charge in [-0.1, -0.05) is 19.8 Å². The van der Waals surface area contributed by atoms with Crippen molar-refractivity contribution in [3.63, 3.8) is 0 Å². The summed E-state index contributed by atoms with van der Waals surface area (Å²) in [5.41, 5.74) is 0. The van der Waals surface area contributed by atoms with Gasteiger partial charge in [-0.15, -0.1) is 0 Å². The second-order valence-electron chi connectivity index (χ2n) is 2.09. The minimum absolute atomic E-state index is 0.327. The number of carbonyl (C=O) groups excluding carboxylic acids is 1. The van der Waals surface area contributed by atoms with E-state index in [1.54, 1.807) is 0 Å². The van der Waals surface area contributed by atoms with Gasteiger partial charge in [0.1, 0.15) is 6.11 Å². The van der Waals surface area contributed by atoms with Crippen LogP contribution in [0.4, 0.5) is 0 Å². The maximum atomic E-state index is 9.52. The molecule has 0 aromatic carbocycles. The van der Waals surface area contributed by atoms with Crippen LogP contribution in [0.1, 0.15) is 20.3 Å². The van der Waals surface area contributed by atoms with Crippen molar-refractivity contribution in [3.8, 4) is 12.0 Å². The van der Waals surface area contributed by atoms with Gasteiger partial charge in [0.15, 0.2) is 0 Å². The summed E-state index contributed by atoms with van der Waals surface area (Å²) >= 11 is 0. The molecular weight excluding hydrogens is 116 g/mol. The summed E-state index contributed by atoms with van der Waals surface area (Å²) in [5.74, 6) is 3.22. The van der Waals surface area contributed by atoms with Gasteiger partial charge in [0.2, 0.25) is 0 Å². The molecule has 0 aliphatic rings. The highest BCUT2D eigenvalue weighted by molar-refractivity contribution is 5.39. The third-order valence-corrected chi connectivity index (χ3v) is 0.690. The van der Waals surface area contributed by atoms with Gasteiger partial charge in [-0.05, 0) is 5.92 Å². The van der Waals surface area contributed by atoms with Crippen LogP contribution in [0, 0.1) is 17.9 Å². The Labute approximate surface area is 55.2 Å². The molecule has 0 bridgehead atoms. The molecule has 0 fully saturated rings. The number of rotatable bonds is 2. The number of hydrogen-bond acceptors (Lipinski definition) is 2. The molecule has 0 aromatic heterocycles. The van der Waals surface area contributed by atoms with Gasteiger partial charge in [-0.25, -0.2) is 0 Å². The lowest BCUT2D eigenvalue weighted by atomic mass is 10.1. The summed E-state index contributed by atoms with van der Waals surface area (Å²) in [6.45, 7) is 4.43. The molecule has 0 rings (SSSR count). The first-order chi connectivity index (χ1) is 4.27. The first-order valence-electron chi connectivity index (χ1n) is 2.84. The highest BCUT2D eigenvalue weighted by Gasteiger charge is 1.85. The summed E-state index contributed by atoms with van der Waals surface area (Å²) in [6, 6.07) is 0. The molecule has 50 valence electrons. The minimum Gasteiger partial charge on any atom is -0.375 e. The summed E-state index contributed by atoms with van der Waals surface area (Å²) in [6.07, 6.45) is 3.02. The van der Waals surface area contributed by atoms with Crippen LogP contribution in [0.25, 0.3) is 0 Å². The highest BCUT2D eigenvalue weighted by atomic mass is 16.5. The molecule has 0 spiro atoms. The predicted octanol–water partition coefficient (Wildman–Crippen LogP) is 1.17. The molecule has 0 aliphatic heterocycles. The summed E-state index contributed by atoms with van der Waals surface area (Å²) in [5, 5.41) is 0. The van der Waals surface area contributed by atoms with E-state index in [-0.39, 0.29) is 0 Å². The van der Waals surface area contributed by atoms with E-state index in [1.165, 1.54) is 0 Å². The van der Waals surface area contributed by atoms with Crippen molar-refractivity contribution in [2.45, 2.75) is 20.3 Å². The second-order valence-corrected chi connectivity index (χ2v) is 2.09. The SMILES string of the molecule is CC(C)CC#COC=O. The van der Waals surface area contributed by atoms with Crippen LogP contribution in [-0.4, -0.2) is 6.47 Å². The van der Waals surface area contributed by atoms with Crippen molar-refractivity contribution in [2.24, 2.45) is 5.92 Å². The zero-order valence-electron chi connectivity index (χ0n) is 5.68. The number of hydrogen-bond donors (Lipinski definition) is 0. The minimum atomic E-state index is 0.327. The highest BCUT2D eigenvalue weighted by Crippen LogP contribution is 1.95. The van der Waals surface area contributed by atoms with E-state index < -0.39 is 0 Å². The van der Waals surface area contributed by atoms with Gasteiger partial charge in [-0.2, -0.15) is 0 Å². The van der Waals surface area contributed by atoms with Gasteiger partial charge in [0.05, 0.1) is 0 Å². The number of carbonyl (C=O) groups is 1. The Morgan fingerprint density at radius 2 is 2.33 bits per heavy atom. The fourth-order valence-corrected chi connectivity index (χ4v) is 0.312. The topological polar surface area (TPSA) is 26.3 Å². The Kier molecular flexibility index (Phi) is 4.61. The Morgan fingerprint density at radius 3 is 2.78 bits per heavy atom. The molecule has 0 heterocycles. The Balaban J connectivity index is 3.26. The molecule has 0 saturated heterocycles. The van der Waals surface area contributed by atoms with Gasteiger partial charge < -0.3 is 4.74 Å². The van der Waals surface area contributed by atoms with E-state index >= 15 is 0 Å². The molecular formula is C7H10O2. The predicted molar refractivity (Wildman–Crippen MR) is 34.4 cm³/mol. The molecule has 9 heavy (non-hydrogen) atoms. The molecule has 0 amide bonds. The quantitative estimate of drug-likeness (QED) is 0.410. The molecule has 0 N–H and O–H groups in total. The Morgan fingerprint density at radius 1 is 1.67 bits per heavy atom. The van der Waals surface area contributed by atoms with E-state index in [2.05, 4.69) is 30.6 Å². The van der Waals surface area contributed by atoms with Crippen LogP contribution in [-0.2, 0) is 9.53 Å². The third kappa shape index (κ3) is 7.03. The van der Waals surface area contributed by atoms with Gasteiger partial charge in [0.25, 0.3) is 0 Å². The lowest BCUT2D eigenvalue weighted by molar-refractivity contribution is -0.122. The van der Waals surface area contributed by atoms with Crippen molar-refractivity contribution in [3.05, 3.63) is 0 Å². The molecule has 0 unspecified atom stereocenters. The zero-order valence-corrected chi connectivity index (χ0v) is 5.68. The average molecular weight is 126 g/mol. The van der Waals surface area contributed by atoms with E-state index in [4.69, 9.17) is 0 Å². The van der Waals surface area contributed by atoms with Crippen molar-refractivity contribution in [1.29, 1.82) is 0 Å². The first-order valence-corrected chi connectivity index (χ1v) is 2.84. The van der Waals surface area contributed by atoms with Gasteiger partial charge in [0, 0.05) is 6.42 Å². The van der Waals surface area contributed by atoms with E-state index in [9.17, 15) is 4.79 Å². The lowest BCUT2D eigenvalue weighted by Gasteiger charge is -1.91. The largest absolute Gasteiger partial charge is 0.375 e. The first kappa shape index (κ1) is 8.03. The lowest BCUT2D eigenvalue weighted by Crippen LogP contribution is -1.82. The molecule has 0 saturated carbocycles. The van der Waals surface area contributed by atoms with Crippen LogP contribution in [0.15, 0.2) is 0 Å². The maximum Gasteiger partial charge on any atom is 0.307 e. The second kappa shape index (κ2) is 5.17. The average Bonchev–Trinajstić information content (AvgIpc) is 1.80. The van der Waals surface area contributed by atoms with E-state index in [1.807, 2.05) is 0 Å². The fraction of sp³-hybridized carbons (Fsp3) is 0.571. The molecule has 0 radical (unpaired) electrons. The van der Waals surface area contributed by atoms with Crippen LogP contribution < -0.4 is 0 Å². The van der Waals surface area contributed by atoms with Crippen molar-refractivity contribution < 1.29 is 9.53 Å². The van der Waals surface area contributed by atoms with Crippen LogP contribution in [0.5, 0.6) is 0 Å². The molecule has 2 nitrogen and oxygen atoms in total. The monoisotopic (exact) mass is 126 g/mol. The van der Waals surface area contributed by atoms with Crippen LogP contribution >= 0.6 is 0 Å². The molecule has 2 heteroatoms. The normalized spacial score (nSPS) is 7.89. The smallest absolute Gasteiger partial charge is 0.307 e. The van der Waals surface area contributed by atoms with Crippen molar-refractivity contribution in [1.82, 2.24) is 0 Å². The Bertz CT molecular complexity index is 128. The summed E-state index contributed by atoms with van der Waals surface area (Å²) < 4.78 is 4.14. The van der Waals surface area contributed by atoms with Crippen LogP contribution in [0.3, 0.4) is 0 Å². The maximum absolute atomic E-state index is 9.52. The van der Waals surface area contributed by atoms with E-state index in [0.29, 0.717) is 12.4 Å². The van der Waals surface area contributed by atoms with Crippen molar-refractivity contribution >= 4 is 6.47 Å². The Hall–Kier alpha value is -0.970. The molecule has 0 aliphatic carbocycles. The standard InChI is InChI=1S/C7H10O2/c1-7(2)4-3-5-9-6-8/h6-7H,4H2,1-2H3. The molecule has 0 atom stereocenters. The van der Waals surface area contributed by atoms with Crippen LogP contribution in [0.2, 0.25) is 0 Å². The van der Waals surface area contributed by atoms with Gasteiger partial charge in [-0.3, -0.25) is 4.79 Å². The van der Waals surface area contributed by atoms with E-state index in [0.717, 1.165) is 6.42 Å². The van der Waals surface area contributed by atoms with Crippen molar-refractivity contribution in [2.75, 3.05) is 0 Å².